The van der Waals surface area contributed by atoms with Gasteiger partial charge >= 0.3 is 0 Å². The molecule has 2 aromatic rings. The van der Waals surface area contributed by atoms with Gasteiger partial charge in [0, 0.05) is 25.3 Å². The zero-order valence-corrected chi connectivity index (χ0v) is 15.9. The van der Waals surface area contributed by atoms with E-state index in [4.69, 9.17) is 0 Å². The number of rotatable bonds is 6. The number of nitrogens with zero attached hydrogens (tertiary/aromatic N) is 1. The summed E-state index contributed by atoms with van der Waals surface area (Å²) in [6.07, 6.45) is 0.307. The molecule has 1 amide bonds. The van der Waals surface area contributed by atoms with E-state index in [9.17, 15) is 19.8 Å². The van der Waals surface area contributed by atoms with E-state index >= 15 is 0 Å². The van der Waals surface area contributed by atoms with Crippen molar-refractivity contribution < 1.29 is 19.8 Å². The zero-order valence-electron chi connectivity index (χ0n) is 15.9. The lowest BCUT2D eigenvalue weighted by molar-refractivity contribution is -0.116. The van der Waals surface area contributed by atoms with Crippen LogP contribution in [0.4, 0.5) is 5.69 Å². The van der Waals surface area contributed by atoms with Crippen LogP contribution in [0.3, 0.4) is 0 Å². The molecule has 2 aliphatic rings. The Bertz CT molecular complexity index is 971. The summed E-state index contributed by atoms with van der Waals surface area (Å²) in [7, 11) is 0. The number of carbonyl (C=O) groups excluding carboxylic acids is 2. The highest BCUT2D eigenvalue weighted by atomic mass is 16.3. The van der Waals surface area contributed by atoms with Crippen LogP contribution in [0.2, 0.25) is 0 Å². The van der Waals surface area contributed by atoms with E-state index in [1.807, 2.05) is 30.3 Å². The van der Waals surface area contributed by atoms with E-state index in [2.05, 4.69) is 10.6 Å². The van der Waals surface area contributed by atoms with Crippen molar-refractivity contribution >= 4 is 17.4 Å². The number of allylic oxidation sites excluding steroid dienone is 2. The van der Waals surface area contributed by atoms with Gasteiger partial charge in [-0.05, 0) is 24.1 Å². The van der Waals surface area contributed by atoms with Crippen LogP contribution >= 0.6 is 0 Å². The van der Waals surface area contributed by atoms with Crippen molar-refractivity contribution in [2.75, 3.05) is 18.4 Å². The van der Waals surface area contributed by atoms with Gasteiger partial charge in [-0.2, -0.15) is 0 Å². The average Bonchev–Trinajstić information content (AvgIpc) is 3.16. The molecule has 7 nitrogen and oxygen atoms in total. The standard InChI is InChI=1S/C22H23N3O4/c26-15-9-10-25(13-15)22(29)16-7-4-8-17(21(16)28)24-20-18(11-19(20)27)23-12-14-5-2-1-3-6-14/h1-8,15,23-24,26,28H,9-13H2. The second-order valence-electron chi connectivity index (χ2n) is 7.31. The van der Waals surface area contributed by atoms with Gasteiger partial charge in [0.2, 0.25) is 0 Å². The van der Waals surface area contributed by atoms with Crippen LogP contribution in [-0.2, 0) is 11.3 Å². The van der Waals surface area contributed by atoms with Crippen molar-refractivity contribution in [3.05, 3.63) is 71.1 Å². The Labute approximate surface area is 168 Å². The van der Waals surface area contributed by atoms with Crippen molar-refractivity contribution in [1.82, 2.24) is 10.2 Å². The Morgan fingerprint density at radius 1 is 1.14 bits per heavy atom. The van der Waals surface area contributed by atoms with E-state index < -0.39 is 6.10 Å². The Hall–Kier alpha value is -3.32. The van der Waals surface area contributed by atoms with Crippen LogP contribution in [0.15, 0.2) is 59.9 Å². The molecule has 4 N–H and O–H groups in total. The van der Waals surface area contributed by atoms with Crippen molar-refractivity contribution in [2.45, 2.75) is 25.5 Å². The van der Waals surface area contributed by atoms with Crippen molar-refractivity contribution in [3.63, 3.8) is 0 Å². The quantitative estimate of drug-likeness (QED) is 0.560. The van der Waals surface area contributed by atoms with Gasteiger partial charge in [0.05, 0.1) is 23.8 Å². The predicted molar refractivity (Wildman–Crippen MR) is 108 cm³/mol. The van der Waals surface area contributed by atoms with Crippen molar-refractivity contribution in [2.24, 2.45) is 0 Å². The van der Waals surface area contributed by atoms with Gasteiger partial charge in [0.25, 0.3) is 5.91 Å². The first-order chi connectivity index (χ1) is 14.0. The predicted octanol–water partition coefficient (Wildman–Crippen LogP) is 1.99. The Morgan fingerprint density at radius 2 is 1.93 bits per heavy atom. The highest BCUT2D eigenvalue weighted by Crippen LogP contribution is 2.33. The molecule has 4 rings (SSSR count). The molecule has 1 unspecified atom stereocenters. The lowest BCUT2D eigenvalue weighted by Crippen LogP contribution is -2.32. The number of β-amino-alcohol motifs (C(OH)–C–C–N with tert-alkyl or cyclic N) is 1. The monoisotopic (exact) mass is 393 g/mol. The summed E-state index contributed by atoms with van der Waals surface area (Å²) >= 11 is 0. The SMILES string of the molecule is O=C1CC(NCc2ccccc2)=C1Nc1cccc(C(=O)N2CCC(O)C2)c1O. The second-order valence-corrected chi connectivity index (χ2v) is 7.31. The Kier molecular flexibility index (Phi) is 5.22. The average molecular weight is 393 g/mol. The second kappa shape index (κ2) is 7.97. The number of para-hydroxylation sites is 1. The number of aliphatic hydroxyl groups is 1. The zero-order chi connectivity index (χ0) is 20.4. The minimum atomic E-state index is -0.529. The molecule has 0 saturated carbocycles. The minimum absolute atomic E-state index is 0.0562. The van der Waals surface area contributed by atoms with Crippen LogP contribution in [0.5, 0.6) is 5.75 Å². The molecule has 1 saturated heterocycles. The smallest absolute Gasteiger partial charge is 0.257 e. The lowest BCUT2D eigenvalue weighted by atomic mass is 9.98. The minimum Gasteiger partial charge on any atom is -0.505 e. The summed E-state index contributed by atoms with van der Waals surface area (Å²) in [5, 5.41) is 26.5. The first kappa shape index (κ1) is 19.0. The molecule has 0 aromatic heterocycles. The topological polar surface area (TPSA) is 102 Å². The molecule has 7 heteroatoms. The van der Waals surface area contributed by atoms with Crippen LogP contribution in [-0.4, -0.2) is 46.0 Å². The maximum absolute atomic E-state index is 12.7. The summed E-state index contributed by atoms with van der Waals surface area (Å²) in [4.78, 5) is 26.3. The maximum atomic E-state index is 12.7. The van der Waals surface area contributed by atoms with Crippen LogP contribution in [0.25, 0.3) is 0 Å². The number of aliphatic hydroxyl groups excluding tert-OH is 1. The largest absolute Gasteiger partial charge is 0.505 e. The number of anilines is 1. The number of nitrogens with one attached hydrogen (secondary N) is 2. The number of aromatic hydroxyl groups is 1. The van der Waals surface area contributed by atoms with Crippen LogP contribution in [0, 0.1) is 0 Å². The molecule has 1 aliphatic heterocycles. The van der Waals surface area contributed by atoms with E-state index in [0.717, 1.165) is 11.3 Å². The molecule has 2 aromatic carbocycles. The number of phenols is 1. The van der Waals surface area contributed by atoms with Gasteiger partial charge in [-0.25, -0.2) is 0 Å². The number of benzene rings is 2. The molecular formula is C22H23N3O4. The number of hydrogen-bond donors (Lipinski definition) is 4. The highest BCUT2D eigenvalue weighted by molar-refractivity contribution is 6.07. The molecule has 29 heavy (non-hydrogen) atoms. The lowest BCUT2D eigenvalue weighted by Gasteiger charge is -2.25. The van der Waals surface area contributed by atoms with Crippen molar-refractivity contribution in [3.8, 4) is 5.75 Å². The van der Waals surface area contributed by atoms with Gasteiger partial charge in [-0.3, -0.25) is 9.59 Å². The Morgan fingerprint density at radius 3 is 2.62 bits per heavy atom. The third-order valence-electron chi connectivity index (χ3n) is 5.24. The van der Waals surface area contributed by atoms with Crippen LogP contribution in [0.1, 0.15) is 28.8 Å². The fraction of sp³-hybridized carbons (Fsp3) is 0.273. The molecule has 1 heterocycles. The molecule has 1 fully saturated rings. The van der Waals surface area contributed by atoms with E-state index in [1.54, 1.807) is 18.2 Å². The molecule has 0 spiro atoms. The summed E-state index contributed by atoms with van der Waals surface area (Å²) < 4.78 is 0. The number of likely N-dealkylation sites (tertiary alicyclic amines) is 1. The summed E-state index contributed by atoms with van der Waals surface area (Å²) in [5.41, 5.74) is 2.73. The molecule has 150 valence electrons. The van der Waals surface area contributed by atoms with Gasteiger partial charge < -0.3 is 25.7 Å². The van der Waals surface area contributed by atoms with Gasteiger partial charge in [0.1, 0.15) is 5.70 Å². The van der Waals surface area contributed by atoms with Crippen molar-refractivity contribution in [1.29, 1.82) is 0 Å². The van der Waals surface area contributed by atoms with Gasteiger partial charge in [-0.1, -0.05) is 36.4 Å². The van der Waals surface area contributed by atoms with Gasteiger partial charge in [0.15, 0.2) is 11.5 Å². The Balaban J connectivity index is 1.50. The fourth-order valence-electron chi connectivity index (χ4n) is 3.55. The number of hydrogen-bond acceptors (Lipinski definition) is 6. The number of ketones is 1. The summed E-state index contributed by atoms with van der Waals surface area (Å²) in [5.74, 6) is -0.591. The normalized spacial score (nSPS) is 18.6. The third kappa shape index (κ3) is 3.95. The molecule has 1 aliphatic carbocycles. The van der Waals surface area contributed by atoms with Crippen LogP contribution < -0.4 is 10.6 Å². The summed E-state index contributed by atoms with van der Waals surface area (Å²) in [6, 6.07) is 14.7. The number of Topliss-reactive ketones (excluding diaryl/α,β-unsaturated/α-hetero) is 1. The molecule has 0 bridgehead atoms. The molecule has 1 atom stereocenters. The first-order valence-corrected chi connectivity index (χ1v) is 9.63. The molecule has 0 radical (unpaired) electrons. The third-order valence-corrected chi connectivity index (χ3v) is 5.24. The maximum Gasteiger partial charge on any atom is 0.257 e. The number of amides is 1. The number of carbonyl (C=O) groups is 2. The van der Waals surface area contributed by atoms with E-state index in [-0.39, 0.29) is 29.5 Å². The van der Waals surface area contributed by atoms with E-state index in [1.165, 1.54) is 4.90 Å². The molecular weight excluding hydrogens is 370 g/mol. The van der Waals surface area contributed by atoms with E-state index in [0.29, 0.717) is 37.3 Å². The number of phenolic OH excluding ortho intramolecular Hbond substituents is 1. The highest BCUT2D eigenvalue weighted by Gasteiger charge is 2.30. The summed E-state index contributed by atoms with van der Waals surface area (Å²) in [6.45, 7) is 1.30. The fourth-order valence-corrected chi connectivity index (χ4v) is 3.55. The van der Waals surface area contributed by atoms with Gasteiger partial charge in [-0.15, -0.1) is 0 Å². The first-order valence-electron chi connectivity index (χ1n) is 9.63.